The molecule has 0 unspecified atom stereocenters. The highest BCUT2D eigenvalue weighted by Gasteiger charge is 2.03. The van der Waals surface area contributed by atoms with E-state index in [1.54, 1.807) is 19.3 Å². The van der Waals surface area contributed by atoms with Gasteiger partial charge in [0, 0.05) is 29.6 Å². The third-order valence-corrected chi connectivity index (χ3v) is 2.76. The minimum atomic E-state index is 0.106. The fraction of sp³-hybridized carbons (Fsp3) is 0.0909. The van der Waals surface area contributed by atoms with E-state index in [4.69, 9.17) is 0 Å². The summed E-state index contributed by atoms with van der Waals surface area (Å²) in [4.78, 5) is 16.0. The largest absolute Gasteiger partial charge is 0.287 e. The van der Waals surface area contributed by atoms with Crippen molar-refractivity contribution in [1.29, 1.82) is 0 Å². The molecule has 0 aliphatic rings. The maximum atomic E-state index is 11.0. The second-order valence-electron chi connectivity index (χ2n) is 2.95. The van der Waals surface area contributed by atoms with Gasteiger partial charge in [-0.05, 0) is 17.5 Å². The molecular formula is C11H9NOS. The van der Waals surface area contributed by atoms with Crippen LogP contribution in [0.15, 0.2) is 41.6 Å². The molecule has 2 rings (SSSR count). The summed E-state index contributed by atoms with van der Waals surface area (Å²) in [6, 6.07) is 7.82. The molecular weight excluding hydrogens is 194 g/mol. The molecule has 0 atom stereocenters. The Bertz CT molecular complexity index is 476. The van der Waals surface area contributed by atoms with Gasteiger partial charge < -0.3 is 0 Å². The summed E-state index contributed by atoms with van der Waals surface area (Å²) < 4.78 is 0. The fourth-order valence-corrected chi connectivity index (χ4v) is 2.09. The van der Waals surface area contributed by atoms with Crippen molar-refractivity contribution in [3.63, 3.8) is 0 Å². The Balaban J connectivity index is 2.59. The molecule has 0 aliphatic heterocycles. The van der Waals surface area contributed by atoms with Gasteiger partial charge >= 0.3 is 0 Å². The van der Waals surface area contributed by atoms with Crippen molar-refractivity contribution < 1.29 is 4.79 Å². The Morgan fingerprint density at radius 2 is 2.21 bits per heavy atom. The lowest BCUT2D eigenvalue weighted by Crippen LogP contribution is -1.83. The second kappa shape index (κ2) is 3.80. The summed E-state index contributed by atoms with van der Waals surface area (Å²) >= 11 is 1.26. The van der Waals surface area contributed by atoms with E-state index in [9.17, 15) is 4.79 Å². The van der Waals surface area contributed by atoms with Crippen LogP contribution in [0.3, 0.4) is 0 Å². The van der Waals surface area contributed by atoms with Crippen LogP contribution in [-0.4, -0.2) is 10.1 Å². The molecule has 2 aromatic rings. The van der Waals surface area contributed by atoms with Gasteiger partial charge in [-0.3, -0.25) is 9.78 Å². The zero-order valence-corrected chi connectivity index (χ0v) is 8.54. The van der Waals surface area contributed by atoms with Crippen molar-refractivity contribution in [1.82, 2.24) is 4.98 Å². The maximum Gasteiger partial charge on any atom is 0.190 e. The molecule has 70 valence electrons. The first-order valence-corrected chi connectivity index (χ1v) is 5.10. The number of hydrogen-bond acceptors (Lipinski definition) is 3. The van der Waals surface area contributed by atoms with Crippen LogP contribution in [-0.2, 0) is 4.79 Å². The van der Waals surface area contributed by atoms with Gasteiger partial charge in [-0.25, -0.2) is 0 Å². The number of pyridine rings is 1. The van der Waals surface area contributed by atoms with Crippen LogP contribution in [0.1, 0.15) is 6.92 Å². The molecule has 1 heterocycles. The Morgan fingerprint density at radius 3 is 3.00 bits per heavy atom. The molecule has 0 N–H and O–H groups in total. The van der Waals surface area contributed by atoms with Crippen LogP contribution in [0, 0.1) is 0 Å². The Labute approximate surface area is 86.3 Å². The van der Waals surface area contributed by atoms with Gasteiger partial charge in [-0.15, -0.1) is 0 Å². The van der Waals surface area contributed by atoms with Gasteiger partial charge in [0.15, 0.2) is 5.12 Å². The number of fused-ring (bicyclic) bond motifs is 1. The number of rotatable bonds is 1. The van der Waals surface area contributed by atoms with Crippen molar-refractivity contribution >= 4 is 27.6 Å². The first-order chi connectivity index (χ1) is 6.77. The lowest BCUT2D eigenvalue weighted by atomic mass is 10.2. The van der Waals surface area contributed by atoms with E-state index in [1.807, 2.05) is 24.3 Å². The summed E-state index contributed by atoms with van der Waals surface area (Å²) in [6.45, 7) is 1.57. The summed E-state index contributed by atoms with van der Waals surface area (Å²) in [5, 5.41) is 2.26. The normalized spacial score (nSPS) is 10.4. The molecule has 0 fully saturated rings. The molecule has 14 heavy (non-hydrogen) atoms. The number of thioether (sulfide) groups is 1. The molecule has 1 aromatic carbocycles. The topological polar surface area (TPSA) is 30.0 Å². The molecule has 0 spiro atoms. The molecule has 0 aliphatic carbocycles. The van der Waals surface area contributed by atoms with Gasteiger partial charge in [0.05, 0.1) is 0 Å². The predicted molar refractivity (Wildman–Crippen MR) is 58.3 cm³/mol. The summed E-state index contributed by atoms with van der Waals surface area (Å²) in [6.07, 6.45) is 3.55. The van der Waals surface area contributed by atoms with Crippen molar-refractivity contribution in [2.45, 2.75) is 11.8 Å². The van der Waals surface area contributed by atoms with Gasteiger partial charge in [-0.1, -0.05) is 23.9 Å². The first kappa shape index (κ1) is 9.21. The SMILES string of the molecule is CC(=O)Sc1cccc2cnccc12. The molecule has 0 radical (unpaired) electrons. The monoisotopic (exact) mass is 203 g/mol. The maximum absolute atomic E-state index is 11.0. The number of benzene rings is 1. The van der Waals surface area contributed by atoms with Crippen LogP contribution < -0.4 is 0 Å². The number of aromatic nitrogens is 1. The van der Waals surface area contributed by atoms with Crippen LogP contribution in [0.2, 0.25) is 0 Å². The first-order valence-electron chi connectivity index (χ1n) is 4.28. The average molecular weight is 203 g/mol. The molecule has 0 amide bonds. The van der Waals surface area contributed by atoms with E-state index in [2.05, 4.69) is 4.98 Å². The molecule has 1 aromatic heterocycles. The Morgan fingerprint density at radius 1 is 1.36 bits per heavy atom. The highest BCUT2D eigenvalue weighted by atomic mass is 32.2. The molecule has 0 bridgehead atoms. The van der Waals surface area contributed by atoms with Gasteiger partial charge in [0.1, 0.15) is 0 Å². The highest BCUT2D eigenvalue weighted by molar-refractivity contribution is 8.13. The van der Waals surface area contributed by atoms with E-state index in [-0.39, 0.29) is 5.12 Å². The smallest absolute Gasteiger partial charge is 0.190 e. The Kier molecular flexibility index (Phi) is 2.50. The van der Waals surface area contributed by atoms with Crippen LogP contribution in [0.5, 0.6) is 0 Å². The van der Waals surface area contributed by atoms with Crippen LogP contribution in [0.25, 0.3) is 10.8 Å². The summed E-state index contributed by atoms with van der Waals surface area (Å²) in [5.41, 5.74) is 0. The van der Waals surface area contributed by atoms with Crippen molar-refractivity contribution in [3.8, 4) is 0 Å². The third-order valence-electron chi connectivity index (χ3n) is 1.89. The van der Waals surface area contributed by atoms with Crippen molar-refractivity contribution in [3.05, 3.63) is 36.7 Å². The minimum absolute atomic E-state index is 0.106. The average Bonchev–Trinajstić information content (AvgIpc) is 2.18. The number of nitrogens with zero attached hydrogens (tertiary/aromatic N) is 1. The van der Waals surface area contributed by atoms with Crippen LogP contribution in [0.4, 0.5) is 0 Å². The standard InChI is InChI=1S/C11H9NOS/c1-8(13)14-11-4-2-3-9-7-12-6-5-10(9)11/h2-7H,1H3. The van der Waals surface area contributed by atoms with Crippen molar-refractivity contribution in [2.24, 2.45) is 0 Å². The van der Waals surface area contributed by atoms with E-state index in [0.717, 1.165) is 15.7 Å². The number of hydrogen-bond donors (Lipinski definition) is 0. The zero-order valence-electron chi connectivity index (χ0n) is 7.73. The lowest BCUT2D eigenvalue weighted by Gasteiger charge is -2.02. The Hall–Kier alpha value is -1.35. The molecule has 0 saturated heterocycles. The third kappa shape index (κ3) is 1.77. The van der Waals surface area contributed by atoms with Gasteiger partial charge in [-0.2, -0.15) is 0 Å². The summed E-state index contributed by atoms with van der Waals surface area (Å²) in [7, 11) is 0. The second-order valence-corrected chi connectivity index (χ2v) is 4.17. The van der Waals surface area contributed by atoms with E-state index >= 15 is 0 Å². The van der Waals surface area contributed by atoms with Gasteiger partial charge in [0.25, 0.3) is 0 Å². The number of carbonyl (C=O) groups excluding carboxylic acids is 1. The van der Waals surface area contributed by atoms with Crippen molar-refractivity contribution in [2.75, 3.05) is 0 Å². The van der Waals surface area contributed by atoms with E-state index < -0.39 is 0 Å². The van der Waals surface area contributed by atoms with Crippen LogP contribution >= 0.6 is 11.8 Å². The molecule has 3 heteroatoms. The zero-order chi connectivity index (χ0) is 9.97. The lowest BCUT2D eigenvalue weighted by molar-refractivity contribution is -0.109. The quantitative estimate of drug-likeness (QED) is 0.667. The highest BCUT2D eigenvalue weighted by Crippen LogP contribution is 2.27. The number of carbonyl (C=O) groups is 1. The molecule has 2 nitrogen and oxygen atoms in total. The summed E-state index contributed by atoms with van der Waals surface area (Å²) in [5.74, 6) is 0. The fourth-order valence-electron chi connectivity index (χ4n) is 1.34. The predicted octanol–water partition coefficient (Wildman–Crippen LogP) is 2.87. The van der Waals surface area contributed by atoms with E-state index in [0.29, 0.717) is 0 Å². The minimum Gasteiger partial charge on any atom is -0.287 e. The van der Waals surface area contributed by atoms with Gasteiger partial charge in [0.2, 0.25) is 0 Å². The van der Waals surface area contributed by atoms with E-state index in [1.165, 1.54) is 11.8 Å². The molecule has 0 saturated carbocycles.